The Hall–Kier alpha value is -3.48. The molecule has 2 aromatic rings. The summed E-state index contributed by atoms with van der Waals surface area (Å²) in [6, 6.07) is 13.6. The second-order valence-corrected chi connectivity index (χ2v) is 6.83. The maximum atomic E-state index is 12.2. The van der Waals surface area contributed by atoms with Crippen LogP contribution >= 0.6 is 0 Å². The molecule has 7 nitrogen and oxygen atoms in total. The van der Waals surface area contributed by atoms with Crippen LogP contribution in [0, 0.1) is 0 Å². The van der Waals surface area contributed by atoms with E-state index in [1.54, 1.807) is 53.4 Å². The summed E-state index contributed by atoms with van der Waals surface area (Å²) >= 11 is 0. The minimum Gasteiger partial charge on any atom is -0.457 e. The molecule has 0 aliphatic carbocycles. The van der Waals surface area contributed by atoms with Gasteiger partial charge in [-0.3, -0.25) is 19.2 Å². The number of anilines is 2. The Bertz CT molecular complexity index is 919. The molecule has 150 valence electrons. The summed E-state index contributed by atoms with van der Waals surface area (Å²) in [4.78, 5) is 48.7. The Kier molecular flexibility index (Phi) is 6.39. The third-order valence-corrected chi connectivity index (χ3v) is 4.56. The van der Waals surface area contributed by atoms with Crippen LogP contribution < -0.4 is 10.2 Å². The summed E-state index contributed by atoms with van der Waals surface area (Å²) in [6.45, 7) is 1.77. The summed E-state index contributed by atoms with van der Waals surface area (Å²) < 4.78 is 5.08. The Balaban J connectivity index is 1.49. The maximum Gasteiger partial charge on any atom is 0.310 e. The number of Topliss-reactive ketones (excluding diaryl/α,β-unsaturated/α-hetero) is 1. The second-order valence-electron chi connectivity index (χ2n) is 6.83. The van der Waals surface area contributed by atoms with E-state index >= 15 is 0 Å². The number of carbonyl (C=O) groups is 4. The Labute approximate surface area is 168 Å². The van der Waals surface area contributed by atoms with E-state index in [1.807, 2.05) is 0 Å². The van der Waals surface area contributed by atoms with Crippen LogP contribution in [0.5, 0.6) is 0 Å². The Morgan fingerprint density at radius 2 is 1.72 bits per heavy atom. The molecule has 3 rings (SSSR count). The van der Waals surface area contributed by atoms with Crippen molar-refractivity contribution in [3.63, 3.8) is 0 Å². The van der Waals surface area contributed by atoms with E-state index in [-0.39, 0.29) is 30.6 Å². The average Bonchev–Trinajstić information content (AvgIpc) is 3.13. The molecule has 0 spiro atoms. The van der Waals surface area contributed by atoms with Crippen LogP contribution in [-0.4, -0.2) is 36.7 Å². The molecule has 1 heterocycles. The van der Waals surface area contributed by atoms with Crippen molar-refractivity contribution in [1.82, 2.24) is 0 Å². The summed E-state index contributed by atoms with van der Waals surface area (Å²) in [5.74, 6) is -0.901. The first-order chi connectivity index (χ1) is 13.9. The first-order valence-corrected chi connectivity index (χ1v) is 9.38. The van der Waals surface area contributed by atoms with Gasteiger partial charge in [-0.15, -0.1) is 0 Å². The lowest BCUT2D eigenvalue weighted by Crippen LogP contribution is -2.23. The SMILES string of the molecule is CC(=O)Nc1ccc(CC(=O)OCC(=O)c2ccc(N3CCCC3=O)cc2)cc1. The van der Waals surface area contributed by atoms with Crippen LogP contribution in [-0.2, 0) is 25.5 Å². The van der Waals surface area contributed by atoms with Gasteiger partial charge in [0.15, 0.2) is 12.4 Å². The Morgan fingerprint density at radius 1 is 1.03 bits per heavy atom. The molecule has 29 heavy (non-hydrogen) atoms. The van der Waals surface area contributed by atoms with Crippen molar-refractivity contribution >= 4 is 34.9 Å². The van der Waals surface area contributed by atoms with Gasteiger partial charge in [-0.25, -0.2) is 0 Å². The van der Waals surface area contributed by atoms with Crippen molar-refractivity contribution in [3.05, 3.63) is 59.7 Å². The average molecular weight is 394 g/mol. The quantitative estimate of drug-likeness (QED) is 0.576. The van der Waals surface area contributed by atoms with Crippen LogP contribution in [0.2, 0.25) is 0 Å². The highest BCUT2D eigenvalue weighted by Crippen LogP contribution is 2.21. The van der Waals surface area contributed by atoms with Gasteiger partial charge in [0.25, 0.3) is 0 Å². The molecule has 0 saturated carbocycles. The molecule has 0 unspecified atom stereocenters. The van der Waals surface area contributed by atoms with Gasteiger partial charge in [0, 0.05) is 36.8 Å². The van der Waals surface area contributed by atoms with Gasteiger partial charge in [0.1, 0.15) is 0 Å². The lowest BCUT2D eigenvalue weighted by Gasteiger charge is -2.15. The van der Waals surface area contributed by atoms with Crippen molar-refractivity contribution in [2.75, 3.05) is 23.4 Å². The van der Waals surface area contributed by atoms with Crippen molar-refractivity contribution < 1.29 is 23.9 Å². The molecule has 2 amide bonds. The Morgan fingerprint density at radius 3 is 2.31 bits per heavy atom. The monoisotopic (exact) mass is 394 g/mol. The fraction of sp³-hybridized carbons (Fsp3) is 0.273. The van der Waals surface area contributed by atoms with E-state index in [2.05, 4.69) is 5.32 Å². The molecule has 0 bridgehead atoms. The topological polar surface area (TPSA) is 92.8 Å². The first kappa shape index (κ1) is 20.3. The molecule has 2 aromatic carbocycles. The van der Waals surface area contributed by atoms with Gasteiger partial charge < -0.3 is 15.0 Å². The number of esters is 1. The van der Waals surface area contributed by atoms with E-state index in [0.717, 1.165) is 17.7 Å². The number of rotatable bonds is 7. The summed E-state index contributed by atoms with van der Waals surface area (Å²) in [5.41, 5.74) is 2.55. The van der Waals surface area contributed by atoms with Crippen LogP contribution in [0.15, 0.2) is 48.5 Å². The normalized spacial score (nSPS) is 13.3. The molecule has 1 fully saturated rings. The molecular weight excluding hydrogens is 372 g/mol. The molecule has 1 aliphatic heterocycles. The predicted molar refractivity (Wildman–Crippen MR) is 108 cm³/mol. The number of amides is 2. The maximum absolute atomic E-state index is 12.2. The van der Waals surface area contributed by atoms with Gasteiger partial charge in [0.05, 0.1) is 6.42 Å². The van der Waals surface area contributed by atoms with E-state index in [0.29, 0.717) is 24.2 Å². The second kappa shape index (κ2) is 9.14. The first-order valence-electron chi connectivity index (χ1n) is 9.38. The zero-order valence-electron chi connectivity index (χ0n) is 16.1. The smallest absolute Gasteiger partial charge is 0.310 e. The molecule has 0 aromatic heterocycles. The zero-order valence-corrected chi connectivity index (χ0v) is 16.1. The van der Waals surface area contributed by atoms with E-state index in [9.17, 15) is 19.2 Å². The van der Waals surface area contributed by atoms with Crippen LogP contribution in [0.25, 0.3) is 0 Å². The summed E-state index contributed by atoms with van der Waals surface area (Å²) in [7, 11) is 0. The molecule has 1 N–H and O–H groups in total. The number of carbonyl (C=O) groups excluding carboxylic acids is 4. The lowest BCUT2D eigenvalue weighted by atomic mass is 10.1. The fourth-order valence-corrected chi connectivity index (χ4v) is 3.10. The minimum atomic E-state index is -0.509. The number of ether oxygens (including phenoxy) is 1. The molecular formula is C22H22N2O5. The highest BCUT2D eigenvalue weighted by Gasteiger charge is 2.21. The number of hydrogen-bond acceptors (Lipinski definition) is 5. The van der Waals surface area contributed by atoms with Gasteiger partial charge in [-0.2, -0.15) is 0 Å². The molecule has 1 aliphatic rings. The molecule has 7 heteroatoms. The third kappa shape index (κ3) is 5.51. The van der Waals surface area contributed by atoms with Crippen molar-refractivity contribution in [3.8, 4) is 0 Å². The third-order valence-electron chi connectivity index (χ3n) is 4.56. The highest BCUT2D eigenvalue weighted by molar-refractivity contribution is 5.99. The predicted octanol–water partition coefficient (Wildman–Crippen LogP) is 2.74. The van der Waals surface area contributed by atoms with Crippen molar-refractivity contribution in [2.24, 2.45) is 0 Å². The number of nitrogens with zero attached hydrogens (tertiary/aromatic N) is 1. The van der Waals surface area contributed by atoms with E-state index in [1.165, 1.54) is 6.92 Å². The van der Waals surface area contributed by atoms with Crippen LogP contribution in [0.3, 0.4) is 0 Å². The standard InChI is InChI=1S/C22H22N2O5/c1-15(25)23-18-8-4-16(5-9-18)13-22(28)29-14-20(26)17-6-10-19(11-7-17)24-12-2-3-21(24)27/h4-11H,2-3,12-14H2,1H3,(H,23,25). The minimum absolute atomic E-state index is 0.0314. The number of hydrogen-bond donors (Lipinski definition) is 1. The molecule has 0 radical (unpaired) electrons. The summed E-state index contributed by atoms with van der Waals surface area (Å²) in [6.07, 6.45) is 1.42. The number of benzene rings is 2. The van der Waals surface area contributed by atoms with Crippen LogP contribution in [0.4, 0.5) is 11.4 Å². The lowest BCUT2D eigenvalue weighted by molar-refractivity contribution is -0.141. The van der Waals surface area contributed by atoms with Gasteiger partial charge in [-0.1, -0.05) is 12.1 Å². The number of ketones is 1. The number of nitrogens with one attached hydrogen (secondary N) is 1. The van der Waals surface area contributed by atoms with Crippen molar-refractivity contribution in [2.45, 2.75) is 26.2 Å². The van der Waals surface area contributed by atoms with E-state index < -0.39 is 5.97 Å². The van der Waals surface area contributed by atoms with Crippen molar-refractivity contribution in [1.29, 1.82) is 0 Å². The zero-order chi connectivity index (χ0) is 20.8. The van der Waals surface area contributed by atoms with Gasteiger partial charge in [-0.05, 0) is 48.4 Å². The van der Waals surface area contributed by atoms with Crippen LogP contribution in [0.1, 0.15) is 35.7 Å². The molecule has 1 saturated heterocycles. The molecule has 0 atom stereocenters. The summed E-state index contributed by atoms with van der Waals surface area (Å²) in [5, 5.41) is 2.65. The van der Waals surface area contributed by atoms with Gasteiger partial charge >= 0.3 is 5.97 Å². The van der Waals surface area contributed by atoms with E-state index in [4.69, 9.17) is 4.74 Å². The largest absolute Gasteiger partial charge is 0.457 e. The fourth-order valence-electron chi connectivity index (χ4n) is 3.10. The highest BCUT2D eigenvalue weighted by atomic mass is 16.5. The van der Waals surface area contributed by atoms with Gasteiger partial charge in [0.2, 0.25) is 11.8 Å².